The van der Waals surface area contributed by atoms with Crippen molar-refractivity contribution in [3.8, 4) is 11.5 Å². The van der Waals surface area contributed by atoms with Gasteiger partial charge in [-0.05, 0) is 46.5 Å². The van der Waals surface area contributed by atoms with Gasteiger partial charge in [-0.1, -0.05) is 36.4 Å². The van der Waals surface area contributed by atoms with E-state index in [9.17, 15) is 10.2 Å². The normalized spacial score (nSPS) is 21.9. The van der Waals surface area contributed by atoms with Gasteiger partial charge in [-0.2, -0.15) is 0 Å². The third-order valence-electron chi connectivity index (χ3n) is 4.01. The second-order valence-electron chi connectivity index (χ2n) is 5.08. The standard InChI is InChI=1S/C17H12O2/c18-13-3-4-15-12(9-13)6-8-17(15)7-5-11-1-2-14(19)10-16(11)17/h1-10,18-19H. The summed E-state index contributed by atoms with van der Waals surface area (Å²) in [6.45, 7) is 0. The molecule has 2 heteroatoms. The van der Waals surface area contributed by atoms with Crippen LogP contribution >= 0.6 is 0 Å². The molecule has 1 spiro atoms. The summed E-state index contributed by atoms with van der Waals surface area (Å²) in [5.74, 6) is 0.556. The van der Waals surface area contributed by atoms with Crippen LogP contribution in [0.2, 0.25) is 0 Å². The Balaban J connectivity index is 2.00. The van der Waals surface area contributed by atoms with Crippen LogP contribution in [-0.2, 0) is 5.41 Å². The molecule has 2 aliphatic rings. The topological polar surface area (TPSA) is 40.5 Å². The van der Waals surface area contributed by atoms with Gasteiger partial charge in [-0.25, -0.2) is 0 Å². The molecule has 2 aromatic carbocycles. The van der Waals surface area contributed by atoms with Gasteiger partial charge >= 0.3 is 0 Å². The van der Waals surface area contributed by atoms with Crippen molar-refractivity contribution in [2.45, 2.75) is 5.41 Å². The number of hydrogen-bond donors (Lipinski definition) is 2. The first-order valence-electron chi connectivity index (χ1n) is 6.24. The number of phenolic OH excluding ortho intramolecular Hbond substituents is 2. The molecule has 2 nitrogen and oxygen atoms in total. The van der Waals surface area contributed by atoms with Crippen molar-refractivity contribution in [2.75, 3.05) is 0 Å². The molecule has 0 bridgehead atoms. The SMILES string of the molecule is Oc1ccc2c(c1)C=CC21C=Cc2ccc(O)cc21. The van der Waals surface area contributed by atoms with E-state index < -0.39 is 0 Å². The van der Waals surface area contributed by atoms with Crippen molar-refractivity contribution in [3.05, 3.63) is 70.8 Å². The predicted octanol–water partition coefficient (Wildman–Crippen LogP) is 3.44. The van der Waals surface area contributed by atoms with E-state index in [1.807, 2.05) is 24.3 Å². The number of allylic oxidation sites excluding steroid dienone is 2. The van der Waals surface area contributed by atoms with Gasteiger partial charge in [0.05, 0.1) is 5.41 Å². The molecule has 92 valence electrons. The molecule has 0 aromatic heterocycles. The van der Waals surface area contributed by atoms with Crippen molar-refractivity contribution in [1.82, 2.24) is 0 Å². The Hall–Kier alpha value is -2.48. The zero-order chi connectivity index (χ0) is 13.0. The van der Waals surface area contributed by atoms with E-state index in [0.717, 1.165) is 22.3 Å². The molecule has 2 N–H and O–H groups in total. The summed E-state index contributed by atoms with van der Waals surface area (Å²) in [7, 11) is 0. The third kappa shape index (κ3) is 1.26. The Kier molecular flexibility index (Phi) is 1.81. The smallest absolute Gasteiger partial charge is 0.116 e. The fourth-order valence-corrected chi connectivity index (χ4v) is 3.11. The minimum absolute atomic E-state index is 0.276. The lowest BCUT2D eigenvalue weighted by molar-refractivity contribution is 0.473. The molecule has 0 heterocycles. The van der Waals surface area contributed by atoms with E-state index in [-0.39, 0.29) is 16.9 Å². The first-order chi connectivity index (χ1) is 9.19. The molecule has 4 rings (SSSR count). The van der Waals surface area contributed by atoms with Crippen molar-refractivity contribution < 1.29 is 10.2 Å². The zero-order valence-electron chi connectivity index (χ0n) is 10.2. The highest BCUT2D eigenvalue weighted by Crippen LogP contribution is 2.49. The quantitative estimate of drug-likeness (QED) is 0.749. The lowest BCUT2D eigenvalue weighted by Gasteiger charge is -2.24. The molecule has 0 fully saturated rings. The van der Waals surface area contributed by atoms with Gasteiger partial charge < -0.3 is 10.2 Å². The molecule has 2 aliphatic carbocycles. The fraction of sp³-hybridized carbons (Fsp3) is 0.0588. The average Bonchev–Trinajstić information content (AvgIpc) is 2.93. The Morgan fingerprint density at radius 2 is 1.37 bits per heavy atom. The monoisotopic (exact) mass is 248 g/mol. The van der Waals surface area contributed by atoms with Crippen LogP contribution in [-0.4, -0.2) is 10.2 Å². The number of phenols is 2. The highest BCUT2D eigenvalue weighted by molar-refractivity contribution is 5.80. The van der Waals surface area contributed by atoms with E-state index in [4.69, 9.17) is 0 Å². The third-order valence-corrected chi connectivity index (χ3v) is 4.01. The van der Waals surface area contributed by atoms with Crippen LogP contribution in [0.1, 0.15) is 22.3 Å². The van der Waals surface area contributed by atoms with Gasteiger partial charge in [0, 0.05) is 0 Å². The summed E-state index contributed by atoms with van der Waals surface area (Å²) in [6, 6.07) is 10.9. The number of aromatic hydroxyl groups is 2. The van der Waals surface area contributed by atoms with Gasteiger partial charge in [-0.15, -0.1) is 0 Å². The second kappa shape index (κ2) is 3.29. The lowest BCUT2D eigenvalue weighted by Crippen LogP contribution is -2.18. The first-order valence-corrected chi connectivity index (χ1v) is 6.24. The molecule has 1 atom stereocenters. The van der Waals surface area contributed by atoms with Crippen molar-refractivity contribution in [1.29, 1.82) is 0 Å². The molecular weight excluding hydrogens is 236 g/mol. The van der Waals surface area contributed by atoms with Gasteiger partial charge in [0.25, 0.3) is 0 Å². The maximum atomic E-state index is 9.74. The largest absolute Gasteiger partial charge is 0.508 e. The van der Waals surface area contributed by atoms with Crippen LogP contribution in [0.5, 0.6) is 11.5 Å². The fourth-order valence-electron chi connectivity index (χ4n) is 3.11. The van der Waals surface area contributed by atoms with Crippen molar-refractivity contribution in [2.24, 2.45) is 0 Å². The number of rotatable bonds is 0. The van der Waals surface area contributed by atoms with Gasteiger partial charge in [0.1, 0.15) is 11.5 Å². The first kappa shape index (κ1) is 10.4. The molecule has 19 heavy (non-hydrogen) atoms. The molecule has 0 saturated heterocycles. The average molecular weight is 248 g/mol. The molecular formula is C17H12O2. The summed E-state index contributed by atoms with van der Waals surface area (Å²) < 4.78 is 0. The summed E-state index contributed by atoms with van der Waals surface area (Å²) in [5.41, 5.74) is 4.10. The van der Waals surface area contributed by atoms with Crippen LogP contribution in [0.3, 0.4) is 0 Å². The van der Waals surface area contributed by atoms with E-state index in [1.54, 1.807) is 18.2 Å². The summed E-state index contributed by atoms with van der Waals surface area (Å²) in [4.78, 5) is 0. The van der Waals surface area contributed by atoms with E-state index >= 15 is 0 Å². The highest BCUT2D eigenvalue weighted by atomic mass is 16.3. The molecule has 1 unspecified atom stereocenters. The van der Waals surface area contributed by atoms with Crippen LogP contribution < -0.4 is 0 Å². The Bertz CT molecular complexity index is 756. The molecule has 2 aromatic rings. The number of benzene rings is 2. The van der Waals surface area contributed by atoms with Crippen LogP contribution in [0.15, 0.2) is 48.6 Å². The van der Waals surface area contributed by atoms with Gasteiger partial charge in [0.15, 0.2) is 0 Å². The Morgan fingerprint density at radius 3 is 2.21 bits per heavy atom. The summed E-state index contributed by atoms with van der Waals surface area (Å²) >= 11 is 0. The van der Waals surface area contributed by atoms with Crippen molar-refractivity contribution >= 4 is 12.2 Å². The minimum atomic E-state index is -0.295. The second-order valence-corrected chi connectivity index (χ2v) is 5.08. The van der Waals surface area contributed by atoms with Gasteiger partial charge in [0.2, 0.25) is 0 Å². The van der Waals surface area contributed by atoms with Crippen molar-refractivity contribution in [3.63, 3.8) is 0 Å². The number of fused-ring (bicyclic) bond motifs is 4. The number of hydrogen-bond acceptors (Lipinski definition) is 2. The molecule has 0 radical (unpaired) electrons. The Labute approximate surface area is 111 Å². The molecule has 0 aliphatic heterocycles. The highest BCUT2D eigenvalue weighted by Gasteiger charge is 2.38. The predicted molar refractivity (Wildman–Crippen MR) is 75.1 cm³/mol. The maximum Gasteiger partial charge on any atom is 0.116 e. The van der Waals surface area contributed by atoms with E-state index in [2.05, 4.69) is 18.2 Å². The maximum absolute atomic E-state index is 9.74. The summed E-state index contributed by atoms with van der Waals surface area (Å²) in [6.07, 6.45) is 8.38. The van der Waals surface area contributed by atoms with Crippen LogP contribution in [0.4, 0.5) is 0 Å². The summed E-state index contributed by atoms with van der Waals surface area (Å²) in [5, 5.41) is 19.3. The van der Waals surface area contributed by atoms with Gasteiger partial charge in [-0.3, -0.25) is 0 Å². The molecule has 0 saturated carbocycles. The minimum Gasteiger partial charge on any atom is -0.508 e. The lowest BCUT2D eigenvalue weighted by atomic mass is 9.78. The molecule has 0 amide bonds. The van der Waals surface area contributed by atoms with Crippen LogP contribution in [0.25, 0.3) is 12.2 Å². The van der Waals surface area contributed by atoms with E-state index in [0.29, 0.717) is 0 Å². The Morgan fingerprint density at radius 1 is 0.684 bits per heavy atom. The van der Waals surface area contributed by atoms with E-state index in [1.165, 1.54) is 0 Å². The van der Waals surface area contributed by atoms with Crippen LogP contribution in [0, 0.1) is 0 Å². The zero-order valence-corrected chi connectivity index (χ0v) is 10.2.